The van der Waals surface area contributed by atoms with Crippen LogP contribution >= 0.6 is 12.4 Å². The van der Waals surface area contributed by atoms with Crippen LogP contribution in [0.5, 0.6) is 0 Å². The second kappa shape index (κ2) is 7.72. The molecular weight excluding hydrogens is 364 g/mol. The third-order valence-electron chi connectivity index (χ3n) is 4.48. The van der Waals surface area contributed by atoms with E-state index in [-0.39, 0.29) is 29.0 Å². The summed E-state index contributed by atoms with van der Waals surface area (Å²) in [7, 11) is -1.68. The molecule has 1 saturated heterocycles. The normalized spacial score (nSPS) is 24.2. The van der Waals surface area contributed by atoms with E-state index in [9.17, 15) is 13.2 Å². The summed E-state index contributed by atoms with van der Waals surface area (Å²) in [5, 5.41) is 3.20. The van der Waals surface area contributed by atoms with Crippen molar-refractivity contribution in [3.63, 3.8) is 0 Å². The fraction of sp³-hybridized carbons (Fsp3) is 0.500. The number of nitrogens with one attached hydrogen (secondary N) is 2. The lowest BCUT2D eigenvalue weighted by Gasteiger charge is -2.33. The van der Waals surface area contributed by atoms with Gasteiger partial charge in [-0.15, -0.1) is 12.4 Å². The zero-order chi connectivity index (χ0) is 17.3. The van der Waals surface area contributed by atoms with Gasteiger partial charge in [0.05, 0.1) is 4.90 Å². The van der Waals surface area contributed by atoms with Crippen LogP contribution in [0.25, 0.3) is 0 Å². The van der Waals surface area contributed by atoms with Crippen LogP contribution < -0.4 is 10.0 Å². The number of sulfonamides is 1. The Morgan fingerprint density at radius 1 is 1.40 bits per heavy atom. The number of halogens is 1. The third kappa shape index (κ3) is 3.96. The lowest BCUT2D eigenvalue weighted by Crippen LogP contribution is -2.49. The van der Waals surface area contributed by atoms with E-state index in [1.165, 1.54) is 6.07 Å². The Morgan fingerprint density at radius 3 is 2.84 bits per heavy atom. The highest BCUT2D eigenvalue weighted by Crippen LogP contribution is 2.23. The highest BCUT2D eigenvalue weighted by Gasteiger charge is 2.32. The van der Waals surface area contributed by atoms with Crippen LogP contribution in [0.3, 0.4) is 0 Å². The predicted octanol–water partition coefficient (Wildman–Crippen LogP) is 0.746. The molecule has 2 atom stereocenters. The number of nitrogens with zero attached hydrogens (tertiary/aromatic N) is 2. The minimum atomic E-state index is -3.58. The average Bonchev–Trinajstić information content (AvgIpc) is 2.85. The number of likely N-dealkylation sites (N-methyl/N-ethyl adjacent to an activating group) is 1. The van der Waals surface area contributed by atoms with E-state index in [0.29, 0.717) is 24.7 Å². The maximum Gasteiger partial charge on any atom is 0.263 e. The van der Waals surface area contributed by atoms with Crippen LogP contribution in [-0.4, -0.2) is 57.3 Å². The van der Waals surface area contributed by atoms with Crippen LogP contribution in [0.1, 0.15) is 25.3 Å². The van der Waals surface area contributed by atoms with Gasteiger partial charge < -0.3 is 10.2 Å². The lowest BCUT2D eigenvalue weighted by molar-refractivity contribution is -0.133. The molecule has 7 nitrogen and oxygen atoms in total. The van der Waals surface area contributed by atoms with Crippen LogP contribution in [0.2, 0.25) is 0 Å². The largest absolute Gasteiger partial charge is 0.339 e. The summed E-state index contributed by atoms with van der Waals surface area (Å²) in [5.41, 5.74) is 0.517. The number of hydrogen-bond acceptors (Lipinski definition) is 5. The van der Waals surface area contributed by atoms with Gasteiger partial charge in [-0.25, -0.2) is 8.42 Å². The van der Waals surface area contributed by atoms with Crippen molar-refractivity contribution in [2.24, 2.45) is 4.99 Å². The van der Waals surface area contributed by atoms with Gasteiger partial charge >= 0.3 is 0 Å². The Hall–Kier alpha value is -1.64. The van der Waals surface area contributed by atoms with E-state index in [4.69, 9.17) is 0 Å². The molecule has 2 heterocycles. The van der Waals surface area contributed by atoms with Crippen LogP contribution in [-0.2, 0) is 14.8 Å². The van der Waals surface area contributed by atoms with Gasteiger partial charge in [0.2, 0.25) is 5.91 Å². The molecular formula is C16H23ClN4O3S. The van der Waals surface area contributed by atoms with Crippen molar-refractivity contribution in [3.05, 3.63) is 29.8 Å². The highest BCUT2D eigenvalue weighted by atomic mass is 35.5. The predicted molar refractivity (Wildman–Crippen MR) is 98.7 cm³/mol. The molecule has 9 heteroatoms. The van der Waals surface area contributed by atoms with Gasteiger partial charge in [0, 0.05) is 24.7 Å². The summed E-state index contributed by atoms with van der Waals surface area (Å²) in [6.07, 6.45) is 2.01. The molecule has 0 bridgehead atoms. The molecule has 0 spiro atoms. The number of rotatable bonds is 3. The van der Waals surface area contributed by atoms with Gasteiger partial charge in [0.15, 0.2) is 0 Å². The Morgan fingerprint density at radius 2 is 2.12 bits per heavy atom. The van der Waals surface area contributed by atoms with E-state index in [1.54, 1.807) is 30.0 Å². The average molecular weight is 387 g/mol. The van der Waals surface area contributed by atoms with E-state index in [1.807, 2.05) is 7.05 Å². The monoisotopic (exact) mass is 386 g/mol. The smallest absolute Gasteiger partial charge is 0.263 e. The Bertz CT molecular complexity index is 781. The minimum absolute atomic E-state index is 0. The van der Waals surface area contributed by atoms with Crippen molar-refractivity contribution in [1.82, 2.24) is 14.9 Å². The standard InChI is InChI=1S/C16H22N4O3S.ClH/c1-11(16(21)20-9-5-6-12(10-20)17-2)18-15-13-7-3-4-8-14(13)24(22,23)19-15;/h3-4,7-8,11-12,17H,5-6,9-10H2,1-2H3,(H,18,19);1H. The number of carbonyl (C=O) groups is 1. The summed E-state index contributed by atoms with van der Waals surface area (Å²) >= 11 is 0. The summed E-state index contributed by atoms with van der Waals surface area (Å²) in [6.45, 7) is 3.08. The maximum absolute atomic E-state index is 12.6. The molecule has 1 aromatic rings. The minimum Gasteiger partial charge on any atom is -0.339 e. The fourth-order valence-corrected chi connectivity index (χ4v) is 4.39. The Labute approximate surface area is 154 Å². The first-order valence-electron chi connectivity index (χ1n) is 8.08. The maximum atomic E-state index is 12.6. The Kier molecular flexibility index (Phi) is 6.08. The first-order chi connectivity index (χ1) is 11.4. The number of carbonyl (C=O) groups excluding carboxylic acids is 1. The van der Waals surface area contributed by atoms with Gasteiger partial charge in [-0.05, 0) is 38.9 Å². The molecule has 2 N–H and O–H groups in total. The topological polar surface area (TPSA) is 90.9 Å². The lowest BCUT2D eigenvalue weighted by atomic mass is 10.1. The van der Waals surface area contributed by atoms with Crippen LogP contribution in [0.15, 0.2) is 34.2 Å². The van der Waals surface area contributed by atoms with Gasteiger partial charge in [0.1, 0.15) is 11.9 Å². The van der Waals surface area contributed by atoms with Gasteiger partial charge in [-0.2, -0.15) is 0 Å². The number of aliphatic imine (C=N–C) groups is 1. The Balaban J connectivity index is 0.00000225. The fourth-order valence-electron chi connectivity index (χ4n) is 3.16. The van der Waals surface area contributed by atoms with E-state index in [2.05, 4.69) is 15.0 Å². The molecule has 0 aliphatic carbocycles. The molecule has 2 aliphatic rings. The molecule has 1 aromatic carbocycles. The third-order valence-corrected chi connectivity index (χ3v) is 5.88. The van der Waals surface area contributed by atoms with Crippen molar-refractivity contribution in [2.45, 2.75) is 36.7 Å². The molecule has 0 radical (unpaired) electrons. The van der Waals surface area contributed by atoms with Crippen molar-refractivity contribution in [2.75, 3.05) is 20.1 Å². The van der Waals surface area contributed by atoms with Gasteiger partial charge in [-0.3, -0.25) is 14.5 Å². The quantitative estimate of drug-likeness (QED) is 0.801. The van der Waals surface area contributed by atoms with Crippen LogP contribution in [0.4, 0.5) is 0 Å². The number of hydrogen-bond donors (Lipinski definition) is 2. The van der Waals surface area contributed by atoms with Crippen molar-refractivity contribution < 1.29 is 13.2 Å². The summed E-state index contributed by atoms with van der Waals surface area (Å²) in [6, 6.07) is 6.32. The molecule has 25 heavy (non-hydrogen) atoms. The highest BCUT2D eigenvalue weighted by molar-refractivity contribution is 7.90. The van der Waals surface area contributed by atoms with Crippen molar-refractivity contribution >= 4 is 34.2 Å². The van der Waals surface area contributed by atoms with Crippen LogP contribution in [0, 0.1) is 0 Å². The number of fused-ring (bicyclic) bond motifs is 1. The number of likely N-dealkylation sites (tertiary alicyclic amines) is 1. The molecule has 138 valence electrons. The van der Waals surface area contributed by atoms with E-state index in [0.717, 1.165) is 12.8 Å². The number of amidine groups is 1. The van der Waals surface area contributed by atoms with Gasteiger partial charge in [-0.1, -0.05) is 12.1 Å². The summed E-state index contributed by atoms with van der Waals surface area (Å²) < 4.78 is 26.6. The van der Waals surface area contributed by atoms with Gasteiger partial charge in [0.25, 0.3) is 10.0 Å². The molecule has 2 aliphatic heterocycles. The van der Waals surface area contributed by atoms with E-state index >= 15 is 0 Å². The number of benzene rings is 1. The van der Waals surface area contributed by atoms with Crippen molar-refractivity contribution in [1.29, 1.82) is 0 Å². The zero-order valence-electron chi connectivity index (χ0n) is 14.2. The summed E-state index contributed by atoms with van der Waals surface area (Å²) in [5.74, 6) is 0.166. The second-order valence-corrected chi connectivity index (χ2v) is 7.82. The summed E-state index contributed by atoms with van der Waals surface area (Å²) in [4.78, 5) is 19.0. The SMILES string of the molecule is CNC1CCCN(C(=O)C(C)N=C2NS(=O)(=O)c3ccccc32)C1.Cl. The molecule has 3 rings (SSSR count). The second-order valence-electron chi connectivity index (χ2n) is 6.17. The van der Waals surface area contributed by atoms with Crippen molar-refractivity contribution in [3.8, 4) is 0 Å². The molecule has 1 amide bonds. The molecule has 1 fully saturated rings. The van der Waals surface area contributed by atoms with E-state index < -0.39 is 16.1 Å². The first kappa shape index (κ1) is 19.7. The molecule has 0 saturated carbocycles. The zero-order valence-corrected chi connectivity index (χ0v) is 15.9. The number of piperidine rings is 1. The molecule has 2 unspecified atom stereocenters. The first-order valence-corrected chi connectivity index (χ1v) is 9.57. The molecule has 0 aromatic heterocycles. The number of amides is 1.